The average molecular weight is 264 g/mol. The van der Waals surface area contributed by atoms with Crippen molar-refractivity contribution < 1.29 is 4.79 Å². The largest absolute Gasteiger partial charge is 0.344 e. The molecule has 18 heavy (non-hydrogen) atoms. The number of amides is 1. The minimum Gasteiger partial charge on any atom is -0.344 e. The minimum atomic E-state index is -0.338. The number of thiophene rings is 1. The van der Waals surface area contributed by atoms with Crippen LogP contribution < -0.4 is 5.32 Å². The van der Waals surface area contributed by atoms with Crippen LogP contribution in [0.2, 0.25) is 0 Å². The first kappa shape index (κ1) is 14.7. The predicted octanol–water partition coefficient (Wildman–Crippen LogP) is 2.10. The van der Waals surface area contributed by atoms with Crippen molar-refractivity contribution in [3.63, 3.8) is 0 Å². The van der Waals surface area contributed by atoms with Crippen LogP contribution in [0.3, 0.4) is 0 Å². The van der Waals surface area contributed by atoms with Gasteiger partial charge in [-0.2, -0.15) is 0 Å². The van der Waals surface area contributed by atoms with E-state index in [1.165, 1.54) is 4.88 Å². The normalized spacial score (nSPS) is 12.1. The van der Waals surface area contributed by atoms with E-state index < -0.39 is 0 Å². The molecule has 1 aromatic heterocycles. The zero-order valence-corrected chi connectivity index (χ0v) is 11.8. The van der Waals surface area contributed by atoms with Crippen LogP contribution in [0.15, 0.2) is 17.5 Å². The molecule has 0 bridgehead atoms. The van der Waals surface area contributed by atoms with Gasteiger partial charge in [0.05, 0.1) is 0 Å². The third-order valence-corrected chi connectivity index (χ3v) is 3.83. The Morgan fingerprint density at radius 2 is 2.44 bits per heavy atom. The van der Waals surface area contributed by atoms with Crippen LogP contribution in [0.4, 0.5) is 0 Å². The molecule has 98 valence electrons. The van der Waals surface area contributed by atoms with Gasteiger partial charge in [0.25, 0.3) is 5.91 Å². The van der Waals surface area contributed by atoms with Crippen molar-refractivity contribution in [3.05, 3.63) is 22.4 Å². The van der Waals surface area contributed by atoms with Crippen molar-refractivity contribution in [2.75, 3.05) is 13.1 Å². The van der Waals surface area contributed by atoms with E-state index in [9.17, 15) is 4.79 Å². The van der Waals surface area contributed by atoms with Crippen LogP contribution in [0.1, 0.15) is 25.1 Å². The van der Waals surface area contributed by atoms with Crippen molar-refractivity contribution in [3.8, 4) is 12.3 Å². The number of rotatable bonds is 7. The minimum absolute atomic E-state index is 0.338. The summed E-state index contributed by atoms with van der Waals surface area (Å²) in [5.74, 6) is 1.72. The number of carbonyl (C=O) groups is 1. The quantitative estimate of drug-likeness (QED) is 0.765. The summed E-state index contributed by atoms with van der Waals surface area (Å²) in [6, 6.07) is 4.70. The molecule has 3 nitrogen and oxygen atoms in total. The Balaban J connectivity index is 2.46. The van der Waals surface area contributed by atoms with Gasteiger partial charge in [-0.05, 0) is 30.7 Å². The molecular weight excluding hydrogens is 244 g/mol. The number of terminal acetylenes is 1. The van der Waals surface area contributed by atoms with Crippen LogP contribution in [-0.4, -0.2) is 29.9 Å². The van der Waals surface area contributed by atoms with E-state index in [-0.39, 0.29) is 5.91 Å². The highest BCUT2D eigenvalue weighted by molar-refractivity contribution is 7.09. The van der Waals surface area contributed by atoms with Crippen LogP contribution in [0, 0.1) is 12.3 Å². The van der Waals surface area contributed by atoms with Crippen molar-refractivity contribution in [1.82, 2.24) is 10.2 Å². The molecule has 0 aliphatic carbocycles. The first-order valence-electron chi connectivity index (χ1n) is 6.18. The molecule has 0 radical (unpaired) electrons. The first-order valence-corrected chi connectivity index (χ1v) is 7.06. The highest BCUT2D eigenvalue weighted by Crippen LogP contribution is 2.14. The summed E-state index contributed by atoms with van der Waals surface area (Å²) >= 11 is 1.76. The molecule has 1 rings (SSSR count). The zero-order chi connectivity index (χ0) is 13.4. The summed E-state index contributed by atoms with van der Waals surface area (Å²) in [5.41, 5.74) is 0. The molecule has 4 heteroatoms. The fourth-order valence-electron chi connectivity index (χ4n) is 1.68. The molecule has 0 fully saturated rings. The summed E-state index contributed by atoms with van der Waals surface area (Å²) < 4.78 is 0. The lowest BCUT2D eigenvalue weighted by Crippen LogP contribution is -2.38. The van der Waals surface area contributed by atoms with E-state index >= 15 is 0 Å². The van der Waals surface area contributed by atoms with Crippen molar-refractivity contribution in [2.45, 2.75) is 32.9 Å². The smallest absolute Gasteiger partial charge is 0.295 e. The highest BCUT2D eigenvalue weighted by Gasteiger charge is 2.13. The lowest BCUT2D eigenvalue weighted by molar-refractivity contribution is -0.115. The second kappa shape index (κ2) is 7.91. The highest BCUT2D eigenvalue weighted by atomic mass is 32.1. The van der Waals surface area contributed by atoms with E-state index in [0.29, 0.717) is 12.6 Å². The molecule has 0 saturated heterocycles. The third kappa shape index (κ3) is 4.91. The monoisotopic (exact) mass is 264 g/mol. The lowest BCUT2D eigenvalue weighted by Gasteiger charge is -2.27. The zero-order valence-electron chi connectivity index (χ0n) is 11.0. The Morgan fingerprint density at radius 3 is 3.00 bits per heavy atom. The number of nitrogens with one attached hydrogen (secondary N) is 1. The van der Waals surface area contributed by atoms with Gasteiger partial charge in [0.2, 0.25) is 0 Å². The summed E-state index contributed by atoms with van der Waals surface area (Å²) in [5, 5.41) is 4.80. The van der Waals surface area contributed by atoms with E-state index in [1.54, 1.807) is 11.3 Å². The molecule has 1 unspecified atom stereocenters. The molecular formula is C14H20N2OS. The molecule has 1 amide bonds. The average Bonchev–Trinajstić information content (AvgIpc) is 2.89. The Kier molecular flexibility index (Phi) is 6.48. The number of hydrogen-bond donors (Lipinski definition) is 1. The standard InChI is InChI=1S/C14H20N2OS/c1-4-12(3)16(9-8-15-14(17)5-2)11-13-7-6-10-18-13/h2,6-7,10,12H,4,8-9,11H2,1,3H3,(H,15,17). The fourth-order valence-corrected chi connectivity index (χ4v) is 2.41. The van der Waals surface area contributed by atoms with Gasteiger partial charge in [-0.25, -0.2) is 0 Å². The lowest BCUT2D eigenvalue weighted by atomic mass is 10.2. The Labute approximate surface area is 113 Å². The van der Waals surface area contributed by atoms with Crippen molar-refractivity contribution in [1.29, 1.82) is 0 Å². The first-order chi connectivity index (χ1) is 8.67. The van der Waals surface area contributed by atoms with Crippen LogP contribution in [-0.2, 0) is 11.3 Å². The maximum Gasteiger partial charge on any atom is 0.295 e. The fraction of sp³-hybridized carbons (Fsp3) is 0.500. The van der Waals surface area contributed by atoms with E-state index in [1.807, 2.05) is 0 Å². The van der Waals surface area contributed by atoms with Crippen LogP contribution in [0.25, 0.3) is 0 Å². The van der Waals surface area contributed by atoms with Gasteiger partial charge >= 0.3 is 0 Å². The maximum absolute atomic E-state index is 11.0. The van der Waals surface area contributed by atoms with E-state index in [2.05, 4.69) is 47.5 Å². The molecule has 0 saturated carbocycles. The Hall–Kier alpha value is -1.31. The molecule has 0 spiro atoms. The number of carbonyl (C=O) groups excluding carboxylic acids is 1. The Morgan fingerprint density at radius 1 is 1.67 bits per heavy atom. The second-order valence-electron chi connectivity index (χ2n) is 4.21. The molecule has 0 aromatic carbocycles. The van der Waals surface area contributed by atoms with E-state index in [0.717, 1.165) is 19.5 Å². The van der Waals surface area contributed by atoms with Gasteiger partial charge < -0.3 is 5.32 Å². The summed E-state index contributed by atoms with van der Waals surface area (Å²) in [4.78, 5) is 14.7. The number of hydrogen-bond acceptors (Lipinski definition) is 3. The van der Waals surface area contributed by atoms with Gasteiger partial charge in [0.1, 0.15) is 0 Å². The molecule has 1 heterocycles. The third-order valence-electron chi connectivity index (χ3n) is 2.97. The molecule has 1 aromatic rings. The second-order valence-corrected chi connectivity index (χ2v) is 5.24. The summed E-state index contributed by atoms with van der Waals surface area (Å²) in [6.45, 7) is 6.72. The van der Waals surface area contributed by atoms with Crippen LogP contribution in [0.5, 0.6) is 0 Å². The van der Waals surface area contributed by atoms with Gasteiger partial charge in [0.15, 0.2) is 0 Å². The summed E-state index contributed by atoms with van der Waals surface area (Å²) in [6.07, 6.45) is 6.10. The maximum atomic E-state index is 11.0. The SMILES string of the molecule is C#CC(=O)NCCN(Cc1cccs1)C(C)CC. The summed E-state index contributed by atoms with van der Waals surface area (Å²) in [7, 11) is 0. The Bertz CT molecular complexity index is 394. The van der Waals surface area contributed by atoms with Gasteiger partial charge in [-0.3, -0.25) is 9.69 Å². The molecule has 1 atom stereocenters. The molecule has 0 aliphatic rings. The van der Waals surface area contributed by atoms with E-state index in [4.69, 9.17) is 6.42 Å². The predicted molar refractivity (Wildman–Crippen MR) is 76.3 cm³/mol. The number of nitrogens with zero attached hydrogens (tertiary/aromatic N) is 1. The van der Waals surface area contributed by atoms with Gasteiger partial charge in [0, 0.05) is 30.6 Å². The topological polar surface area (TPSA) is 32.3 Å². The molecule has 1 N–H and O–H groups in total. The van der Waals surface area contributed by atoms with Crippen LogP contribution >= 0.6 is 11.3 Å². The van der Waals surface area contributed by atoms with Gasteiger partial charge in [-0.15, -0.1) is 17.8 Å². The van der Waals surface area contributed by atoms with Gasteiger partial charge in [-0.1, -0.05) is 13.0 Å². The van der Waals surface area contributed by atoms with Crippen molar-refractivity contribution in [2.24, 2.45) is 0 Å². The molecule has 0 aliphatic heterocycles. The van der Waals surface area contributed by atoms with Crippen molar-refractivity contribution >= 4 is 17.2 Å².